The van der Waals surface area contributed by atoms with Crippen molar-refractivity contribution in [3.05, 3.63) is 60.1 Å². The summed E-state index contributed by atoms with van der Waals surface area (Å²) in [7, 11) is 0. The monoisotopic (exact) mass is 550 g/mol. The molecule has 1 aromatic carbocycles. The fourth-order valence-electron chi connectivity index (χ4n) is 5.05. The molecule has 0 spiro atoms. The van der Waals surface area contributed by atoms with Gasteiger partial charge in [0.15, 0.2) is 11.5 Å². The van der Waals surface area contributed by atoms with Gasteiger partial charge in [0.05, 0.1) is 25.3 Å². The van der Waals surface area contributed by atoms with E-state index in [1.54, 1.807) is 17.2 Å². The number of hydrogen-bond donors (Lipinski definition) is 2. The minimum absolute atomic E-state index is 0.0501. The van der Waals surface area contributed by atoms with Gasteiger partial charge >= 0.3 is 0 Å². The molecule has 5 rings (SSSR count). The van der Waals surface area contributed by atoms with E-state index in [0.717, 1.165) is 11.1 Å². The number of nitrogens with zero attached hydrogens (tertiary/aromatic N) is 4. The molecule has 1 unspecified atom stereocenters. The lowest BCUT2D eigenvalue weighted by atomic mass is 10.1. The first kappa shape index (κ1) is 27.6. The molecule has 2 N–H and O–H groups in total. The second-order valence-electron chi connectivity index (χ2n) is 10.5. The van der Waals surface area contributed by atoms with Crippen LogP contribution in [0.2, 0.25) is 0 Å². The molecule has 2 aliphatic heterocycles. The summed E-state index contributed by atoms with van der Waals surface area (Å²) in [6, 6.07) is 7.36. The normalized spacial score (nSPS) is 17.8. The minimum atomic E-state index is -0.610. The number of ether oxygens (including phenoxy) is 2. The largest absolute Gasteiger partial charge is 0.472 e. The van der Waals surface area contributed by atoms with E-state index in [1.165, 1.54) is 10.6 Å². The summed E-state index contributed by atoms with van der Waals surface area (Å²) in [5.41, 5.74) is 2.90. The second-order valence-corrected chi connectivity index (χ2v) is 10.5. The topological polar surface area (TPSA) is 110 Å². The fraction of sp³-hybridized carbons (Fsp3) is 0.448. The number of amides is 2. The van der Waals surface area contributed by atoms with Gasteiger partial charge in [0.2, 0.25) is 17.6 Å². The molecule has 1 atom stereocenters. The number of carbonyl (C=O) groups excluding carboxylic acids is 2. The zero-order chi connectivity index (χ0) is 28.2. The third-order valence-electron chi connectivity index (χ3n) is 7.35. The molecular weight excluding hydrogens is 515 g/mol. The first-order chi connectivity index (χ1) is 19.3. The highest BCUT2D eigenvalue weighted by Gasteiger charge is 2.30. The predicted octanol–water partition coefficient (Wildman–Crippen LogP) is 4.13. The number of carbonyl (C=O) groups is 2. The lowest BCUT2D eigenvalue weighted by Gasteiger charge is -2.23. The molecule has 2 aliphatic rings. The molecule has 4 heterocycles. The molecular formula is C29H35FN6O4. The van der Waals surface area contributed by atoms with Crippen molar-refractivity contribution >= 4 is 29.0 Å². The van der Waals surface area contributed by atoms with Crippen LogP contribution in [0.25, 0.3) is 5.65 Å². The van der Waals surface area contributed by atoms with Crippen molar-refractivity contribution in [3.63, 3.8) is 0 Å². The number of anilines is 2. The smallest absolute Gasteiger partial charge is 0.256 e. The van der Waals surface area contributed by atoms with Crippen molar-refractivity contribution in [2.75, 3.05) is 36.9 Å². The summed E-state index contributed by atoms with van der Waals surface area (Å²) in [4.78, 5) is 30.8. The van der Waals surface area contributed by atoms with Gasteiger partial charge in [-0.15, -0.1) is 0 Å². The van der Waals surface area contributed by atoms with Crippen LogP contribution in [0.4, 0.5) is 15.9 Å². The molecule has 3 aromatic rings. The quantitative estimate of drug-likeness (QED) is 0.386. The Morgan fingerprint density at radius 1 is 1.27 bits per heavy atom. The Balaban J connectivity index is 1.32. The van der Waals surface area contributed by atoms with Crippen LogP contribution in [-0.4, -0.2) is 63.7 Å². The van der Waals surface area contributed by atoms with Crippen LogP contribution in [0, 0.1) is 11.7 Å². The summed E-state index contributed by atoms with van der Waals surface area (Å²) in [5.74, 6) is -0.951. The van der Waals surface area contributed by atoms with Crippen LogP contribution < -0.4 is 15.4 Å². The lowest BCUT2D eigenvalue weighted by Crippen LogP contribution is -2.30. The van der Waals surface area contributed by atoms with E-state index in [2.05, 4.69) is 27.3 Å². The average Bonchev–Trinajstić information content (AvgIpc) is 3.62. The van der Waals surface area contributed by atoms with Gasteiger partial charge in [-0.05, 0) is 36.1 Å². The fourth-order valence-corrected chi connectivity index (χ4v) is 5.05. The molecule has 0 saturated carbocycles. The Labute approximate surface area is 232 Å². The van der Waals surface area contributed by atoms with Gasteiger partial charge in [-0.3, -0.25) is 9.59 Å². The molecule has 0 aliphatic carbocycles. The first-order valence-electron chi connectivity index (χ1n) is 13.7. The maximum atomic E-state index is 15.8. The van der Waals surface area contributed by atoms with Crippen LogP contribution in [0.3, 0.4) is 0 Å². The molecule has 0 radical (unpaired) electrons. The Bertz CT molecular complexity index is 1400. The van der Waals surface area contributed by atoms with E-state index >= 15 is 4.39 Å². The zero-order valence-corrected chi connectivity index (χ0v) is 22.9. The van der Waals surface area contributed by atoms with Crippen molar-refractivity contribution in [3.8, 4) is 5.88 Å². The molecule has 10 nitrogen and oxygen atoms in total. The van der Waals surface area contributed by atoms with Crippen LogP contribution >= 0.6 is 0 Å². The third-order valence-corrected chi connectivity index (χ3v) is 7.35. The maximum Gasteiger partial charge on any atom is 0.256 e. The summed E-state index contributed by atoms with van der Waals surface area (Å²) in [6.45, 7) is 9.91. The standard InChI is InChI=1S/C29H35FN6O4/c1-4-24(37)35-11-8-20(17-35)28(38)33-21-7-5-6-19(14-21)15-31-27-25(30)29(40-22-9-12-39-13-10-22)34-26-23(18(2)3)16-32-36(26)27/h4-7,14,16,18,20,22,31H,1,8-13,15,17H2,2-3H3,(H,33,38). The van der Waals surface area contributed by atoms with E-state index in [9.17, 15) is 9.59 Å². The van der Waals surface area contributed by atoms with Gasteiger partial charge < -0.3 is 25.0 Å². The number of benzene rings is 1. The summed E-state index contributed by atoms with van der Waals surface area (Å²) in [5, 5.41) is 10.5. The Morgan fingerprint density at radius 3 is 2.83 bits per heavy atom. The van der Waals surface area contributed by atoms with Crippen molar-refractivity contribution in [1.82, 2.24) is 19.5 Å². The first-order valence-corrected chi connectivity index (χ1v) is 13.7. The van der Waals surface area contributed by atoms with E-state index in [-0.39, 0.29) is 48.0 Å². The molecule has 212 valence electrons. The van der Waals surface area contributed by atoms with Crippen LogP contribution in [0.15, 0.2) is 43.1 Å². The van der Waals surface area contributed by atoms with Gasteiger partial charge in [-0.25, -0.2) is 0 Å². The van der Waals surface area contributed by atoms with Crippen molar-refractivity contribution in [2.45, 2.75) is 51.7 Å². The van der Waals surface area contributed by atoms with Gasteiger partial charge in [-0.1, -0.05) is 32.6 Å². The maximum absolute atomic E-state index is 15.8. The zero-order valence-electron chi connectivity index (χ0n) is 22.9. The van der Waals surface area contributed by atoms with E-state index in [4.69, 9.17) is 9.47 Å². The molecule has 2 saturated heterocycles. The van der Waals surface area contributed by atoms with Gasteiger partial charge in [0.1, 0.15) is 6.10 Å². The van der Waals surface area contributed by atoms with E-state index in [1.807, 2.05) is 32.0 Å². The minimum Gasteiger partial charge on any atom is -0.472 e. The molecule has 0 bridgehead atoms. The van der Waals surface area contributed by atoms with Crippen molar-refractivity contribution < 1.29 is 23.5 Å². The second kappa shape index (κ2) is 12.0. The number of halogens is 1. The van der Waals surface area contributed by atoms with Gasteiger partial charge in [-0.2, -0.15) is 19.0 Å². The Kier molecular flexibility index (Phi) is 8.29. The molecule has 11 heteroatoms. The van der Waals surface area contributed by atoms with Crippen LogP contribution in [0.5, 0.6) is 5.88 Å². The van der Waals surface area contributed by atoms with Crippen LogP contribution in [0.1, 0.15) is 50.2 Å². The number of nitrogens with one attached hydrogen (secondary N) is 2. The summed E-state index contributed by atoms with van der Waals surface area (Å²) < 4.78 is 28.7. The number of hydrogen-bond acceptors (Lipinski definition) is 7. The summed E-state index contributed by atoms with van der Waals surface area (Å²) in [6.07, 6.45) is 4.76. The van der Waals surface area contributed by atoms with E-state index in [0.29, 0.717) is 56.9 Å². The highest BCUT2D eigenvalue weighted by atomic mass is 19.1. The highest BCUT2D eigenvalue weighted by molar-refractivity contribution is 5.94. The van der Waals surface area contributed by atoms with Crippen molar-refractivity contribution in [2.24, 2.45) is 5.92 Å². The van der Waals surface area contributed by atoms with Gasteiger partial charge in [0.25, 0.3) is 5.88 Å². The van der Waals surface area contributed by atoms with Crippen LogP contribution in [-0.2, 0) is 20.9 Å². The highest BCUT2D eigenvalue weighted by Crippen LogP contribution is 2.30. The predicted molar refractivity (Wildman–Crippen MR) is 149 cm³/mol. The van der Waals surface area contributed by atoms with E-state index < -0.39 is 5.82 Å². The number of likely N-dealkylation sites (tertiary alicyclic amines) is 1. The van der Waals surface area contributed by atoms with Gasteiger partial charge in [0, 0.05) is 43.7 Å². The average molecular weight is 551 g/mol. The number of aromatic nitrogens is 3. The van der Waals surface area contributed by atoms with Crippen molar-refractivity contribution in [1.29, 1.82) is 0 Å². The molecule has 2 fully saturated rings. The number of rotatable bonds is 9. The molecule has 2 amide bonds. The third kappa shape index (κ3) is 5.94. The molecule has 2 aromatic heterocycles. The lowest BCUT2D eigenvalue weighted by molar-refractivity contribution is -0.125. The SMILES string of the molecule is C=CC(=O)N1CCC(C(=O)Nc2cccc(CNc3c(F)c(OC4CCOCC4)nc4c(C(C)C)cnn34)c2)C1. The summed E-state index contributed by atoms with van der Waals surface area (Å²) >= 11 is 0. The Morgan fingerprint density at radius 2 is 2.08 bits per heavy atom. The number of fused-ring (bicyclic) bond motifs is 1. The molecule has 40 heavy (non-hydrogen) atoms. The Hall–Kier alpha value is -3.99.